The number of anilines is 1. The number of aromatic nitrogens is 2. The molecule has 0 amide bonds. The minimum absolute atomic E-state index is 0.269. The first kappa shape index (κ1) is 14.0. The van der Waals surface area contributed by atoms with Crippen LogP contribution in [0.4, 0.5) is 5.82 Å². The zero-order chi connectivity index (χ0) is 13.0. The van der Waals surface area contributed by atoms with Crippen LogP contribution in [-0.2, 0) is 22.5 Å². The van der Waals surface area contributed by atoms with Crippen molar-refractivity contribution in [1.29, 1.82) is 0 Å². The fourth-order valence-electron chi connectivity index (χ4n) is 2.04. The second-order valence-corrected chi connectivity index (χ2v) is 5.35. The van der Waals surface area contributed by atoms with Crippen molar-refractivity contribution in [2.75, 3.05) is 26.1 Å². The van der Waals surface area contributed by atoms with E-state index >= 15 is 0 Å². The van der Waals surface area contributed by atoms with Crippen LogP contribution in [0, 0.1) is 3.57 Å². The predicted molar refractivity (Wildman–Crippen MR) is 77.7 cm³/mol. The third-order valence-electron chi connectivity index (χ3n) is 2.92. The highest BCUT2D eigenvalue weighted by atomic mass is 127. The Kier molecular flexibility index (Phi) is 5.13. The average molecular weight is 363 g/mol. The van der Waals surface area contributed by atoms with Gasteiger partial charge in [0.15, 0.2) is 0 Å². The molecule has 1 unspecified atom stereocenters. The molecule has 6 heteroatoms. The quantitative estimate of drug-likeness (QED) is 0.811. The van der Waals surface area contributed by atoms with E-state index in [9.17, 15) is 0 Å². The predicted octanol–water partition coefficient (Wildman–Crippen LogP) is 1.99. The van der Waals surface area contributed by atoms with Gasteiger partial charge in [-0.3, -0.25) is 0 Å². The molecule has 0 aliphatic carbocycles. The minimum atomic E-state index is 0.269. The Bertz CT molecular complexity index is 409. The van der Waals surface area contributed by atoms with Gasteiger partial charge in [-0.15, -0.1) is 0 Å². The standard InChI is InChI=1S/C12H18IN3O2/c1-14-12-11(13)9(7-17-2)15-10(16-12)6-8-4-3-5-18-8/h8H,3-7H2,1-2H3,(H,14,15,16). The van der Waals surface area contributed by atoms with E-state index in [2.05, 4.69) is 37.9 Å². The van der Waals surface area contributed by atoms with Crippen molar-refractivity contribution in [1.82, 2.24) is 9.97 Å². The van der Waals surface area contributed by atoms with Gasteiger partial charge in [0.2, 0.25) is 0 Å². The molecule has 1 atom stereocenters. The Balaban J connectivity index is 2.20. The Labute approximate surface area is 121 Å². The second kappa shape index (κ2) is 6.63. The van der Waals surface area contributed by atoms with E-state index < -0.39 is 0 Å². The number of ether oxygens (including phenoxy) is 2. The van der Waals surface area contributed by atoms with Crippen LogP contribution >= 0.6 is 22.6 Å². The van der Waals surface area contributed by atoms with Gasteiger partial charge in [-0.05, 0) is 35.4 Å². The van der Waals surface area contributed by atoms with Gasteiger partial charge >= 0.3 is 0 Å². The molecule has 1 aliphatic heterocycles. The van der Waals surface area contributed by atoms with Gasteiger partial charge in [0.1, 0.15) is 11.6 Å². The summed E-state index contributed by atoms with van der Waals surface area (Å²) < 4.78 is 11.8. The molecule has 2 rings (SSSR count). The summed E-state index contributed by atoms with van der Waals surface area (Å²) in [7, 11) is 3.55. The Hall–Kier alpha value is -0.470. The summed E-state index contributed by atoms with van der Waals surface area (Å²) in [5, 5.41) is 3.10. The van der Waals surface area contributed by atoms with Gasteiger partial charge in [0.25, 0.3) is 0 Å². The van der Waals surface area contributed by atoms with E-state index in [1.807, 2.05) is 7.05 Å². The van der Waals surface area contributed by atoms with Crippen molar-refractivity contribution in [3.8, 4) is 0 Å². The summed E-state index contributed by atoms with van der Waals surface area (Å²) in [6.07, 6.45) is 3.29. The maximum atomic E-state index is 5.63. The molecule has 1 N–H and O–H groups in total. The fraction of sp³-hybridized carbons (Fsp3) is 0.667. The molecule has 5 nitrogen and oxygen atoms in total. The lowest BCUT2D eigenvalue weighted by atomic mass is 10.2. The zero-order valence-corrected chi connectivity index (χ0v) is 12.9. The number of methoxy groups -OCH3 is 1. The molecule has 100 valence electrons. The van der Waals surface area contributed by atoms with Crippen LogP contribution < -0.4 is 5.32 Å². The van der Waals surface area contributed by atoms with Crippen LogP contribution in [0.2, 0.25) is 0 Å². The van der Waals surface area contributed by atoms with Gasteiger partial charge in [0, 0.05) is 27.2 Å². The minimum Gasteiger partial charge on any atom is -0.378 e. The van der Waals surface area contributed by atoms with Crippen molar-refractivity contribution in [3.63, 3.8) is 0 Å². The molecular weight excluding hydrogens is 345 g/mol. The summed E-state index contributed by atoms with van der Waals surface area (Å²) in [5.41, 5.74) is 0.936. The molecule has 0 aromatic carbocycles. The first-order chi connectivity index (χ1) is 8.74. The van der Waals surface area contributed by atoms with Crippen LogP contribution in [0.1, 0.15) is 24.4 Å². The number of nitrogens with zero attached hydrogens (tertiary/aromatic N) is 2. The Morgan fingerprint density at radius 3 is 2.94 bits per heavy atom. The first-order valence-electron chi connectivity index (χ1n) is 6.08. The second-order valence-electron chi connectivity index (χ2n) is 4.27. The van der Waals surface area contributed by atoms with E-state index in [1.54, 1.807) is 7.11 Å². The third kappa shape index (κ3) is 3.30. The van der Waals surface area contributed by atoms with Crippen molar-refractivity contribution >= 4 is 28.4 Å². The van der Waals surface area contributed by atoms with Gasteiger partial charge < -0.3 is 14.8 Å². The summed E-state index contributed by atoms with van der Waals surface area (Å²) in [6.45, 7) is 1.37. The highest BCUT2D eigenvalue weighted by molar-refractivity contribution is 14.1. The van der Waals surface area contributed by atoms with Crippen molar-refractivity contribution in [3.05, 3.63) is 15.1 Å². The molecule has 0 radical (unpaired) electrons. The molecular formula is C12H18IN3O2. The van der Waals surface area contributed by atoms with E-state index in [1.165, 1.54) is 0 Å². The highest BCUT2D eigenvalue weighted by Gasteiger charge is 2.19. The van der Waals surface area contributed by atoms with Gasteiger partial charge in [-0.25, -0.2) is 9.97 Å². The summed E-state index contributed by atoms with van der Waals surface area (Å²) in [6, 6.07) is 0. The fourth-order valence-corrected chi connectivity index (χ4v) is 2.71. The van der Waals surface area contributed by atoms with Gasteiger partial charge in [-0.1, -0.05) is 0 Å². The molecule has 0 bridgehead atoms. The maximum absolute atomic E-state index is 5.63. The number of halogens is 1. The average Bonchev–Trinajstić information content (AvgIpc) is 2.86. The van der Waals surface area contributed by atoms with Crippen LogP contribution in [0.15, 0.2) is 0 Å². The SMILES string of the molecule is CNc1nc(CC2CCCO2)nc(COC)c1I. The summed E-state index contributed by atoms with van der Waals surface area (Å²) in [5.74, 6) is 1.70. The monoisotopic (exact) mass is 363 g/mol. The van der Waals surface area contributed by atoms with Crippen molar-refractivity contribution < 1.29 is 9.47 Å². The molecule has 2 heterocycles. The van der Waals surface area contributed by atoms with Crippen molar-refractivity contribution in [2.45, 2.75) is 32.0 Å². The van der Waals surface area contributed by atoms with E-state index in [4.69, 9.17) is 9.47 Å². The largest absolute Gasteiger partial charge is 0.378 e. The van der Waals surface area contributed by atoms with Crippen LogP contribution in [0.25, 0.3) is 0 Å². The van der Waals surface area contributed by atoms with E-state index in [0.717, 1.165) is 46.8 Å². The summed E-state index contributed by atoms with van der Waals surface area (Å²) >= 11 is 2.25. The molecule has 0 saturated carbocycles. The molecule has 1 aliphatic rings. The zero-order valence-electron chi connectivity index (χ0n) is 10.7. The van der Waals surface area contributed by atoms with E-state index in [0.29, 0.717) is 6.61 Å². The van der Waals surface area contributed by atoms with Crippen LogP contribution in [0.5, 0.6) is 0 Å². The van der Waals surface area contributed by atoms with Crippen LogP contribution in [0.3, 0.4) is 0 Å². The lowest BCUT2D eigenvalue weighted by Gasteiger charge is -2.13. The Morgan fingerprint density at radius 2 is 2.33 bits per heavy atom. The van der Waals surface area contributed by atoms with Crippen molar-refractivity contribution in [2.24, 2.45) is 0 Å². The maximum Gasteiger partial charge on any atom is 0.143 e. The third-order valence-corrected chi connectivity index (χ3v) is 4.05. The lowest BCUT2D eigenvalue weighted by molar-refractivity contribution is 0.109. The highest BCUT2D eigenvalue weighted by Crippen LogP contribution is 2.22. The molecule has 1 saturated heterocycles. The van der Waals surface area contributed by atoms with E-state index in [-0.39, 0.29) is 6.10 Å². The molecule has 0 spiro atoms. The first-order valence-corrected chi connectivity index (χ1v) is 7.16. The summed E-state index contributed by atoms with van der Waals surface area (Å²) in [4.78, 5) is 9.10. The smallest absolute Gasteiger partial charge is 0.143 e. The van der Waals surface area contributed by atoms with Crippen LogP contribution in [-0.4, -0.2) is 36.8 Å². The molecule has 18 heavy (non-hydrogen) atoms. The van der Waals surface area contributed by atoms with Gasteiger partial charge in [-0.2, -0.15) is 0 Å². The number of rotatable bonds is 5. The molecule has 1 aromatic rings. The lowest BCUT2D eigenvalue weighted by Crippen LogP contribution is -2.15. The normalized spacial score (nSPS) is 19.2. The topological polar surface area (TPSA) is 56.3 Å². The number of hydrogen-bond donors (Lipinski definition) is 1. The number of nitrogens with one attached hydrogen (secondary N) is 1. The Morgan fingerprint density at radius 1 is 1.50 bits per heavy atom. The number of hydrogen-bond acceptors (Lipinski definition) is 5. The molecule has 1 fully saturated rings. The molecule has 1 aromatic heterocycles. The van der Waals surface area contributed by atoms with Gasteiger partial charge in [0.05, 0.1) is 22.0 Å².